The molecule has 6 nitrogen and oxygen atoms in total. The maximum Gasteiger partial charge on any atom is 0.417 e. The third-order valence-corrected chi connectivity index (χ3v) is 5.51. The summed E-state index contributed by atoms with van der Waals surface area (Å²) in [6.07, 6.45) is 0.596. The zero-order valence-electron chi connectivity index (χ0n) is 14.1. The smallest absolute Gasteiger partial charge is 0.408 e. The van der Waals surface area contributed by atoms with Crippen molar-refractivity contribution in [3.05, 3.63) is 64.1 Å². The van der Waals surface area contributed by atoms with E-state index in [0.717, 1.165) is 5.56 Å². The van der Waals surface area contributed by atoms with Crippen LogP contribution in [0.4, 0.5) is 0 Å². The molecule has 0 aliphatic rings. The molecule has 7 heteroatoms. The van der Waals surface area contributed by atoms with Crippen molar-refractivity contribution in [2.75, 3.05) is 6.54 Å². The van der Waals surface area contributed by atoms with E-state index < -0.39 is 15.8 Å². The minimum Gasteiger partial charge on any atom is -0.408 e. The largest absolute Gasteiger partial charge is 0.417 e. The van der Waals surface area contributed by atoms with Crippen LogP contribution in [0.5, 0.6) is 0 Å². The van der Waals surface area contributed by atoms with Gasteiger partial charge in [-0.05, 0) is 35.6 Å². The molecular formula is C18H20N2O4S. The van der Waals surface area contributed by atoms with E-state index in [2.05, 4.69) is 35.7 Å². The number of aromatic amines is 1. The van der Waals surface area contributed by atoms with Gasteiger partial charge in [0, 0.05) is 12.6 Å². The van der Waals surface area contributed by atoms with Gasteiger partial charge in [0.05, 0.1) is 10.4 Å². The Morgan fingerprint density at radius 2 is 1.84 bits per heavy atom. The molecule has 0 saturated carbocycles. The van der Waals surface area contributed by atoms with Crippen LogP contribution in [0, 0.1) is 0 Å². The minimum absolute atomic E-state index is 0.0675. The number of hydrogen-bond acceptors (Lipinski definition) is 4. The minimum atomic E-state index is -3.66. The molecule has 25 heavy (non-hydrogen) atoms. The lowest BCUT2D eigenvalue weighted by Crippen LogP contribution is -2.26. The van der Waals surface area contributed by atoms with E-state index in [9.17, 15) is 13.2 Å². The van der Waals surface area contributed by atoms with Crippen LogP contribution < -0.4 is 10.5 Å². The molecule has 0 unspecified atom stereocenters. The van der Waals surface area contributed by atoms with E-state index in [1.165, 1.54) is 23.8 Å². The maximum atomic E-state index is 12.4. The molecule has 0 saturated heterocycles. The zero-order chi connectivity index (χ0) is 18.0. The molecule has 0 fully saturated rings. The standard InChI is InChI=1S/C18H20N2O4S/c1-12(2)14-5-3-13(4-6-14)9-10-19-25(22,23)15-7-8-16-17(11-15)24-18(21)20-16/h3-8,11-12,19H,9-10H2,1-2H3,(H,20,21). The summed E-state index contributed by atoms with van der Waals surface area (Å²) in [4.78, 5) is 13.7. The predicted molar refractivity (Wildman–Crippen MR) is 96.3 cm³/mol. The second-order valence-corrected chi connectivity index (χ2v) is 7.98. The van der Waals surface area contributed by atoms with Crippen LogP contribution in [0.2, 0.25) is 0 Å². The first-order valence-corrected chi connectivity index (χ1v) is 9.55. The monoisotopic (exact) mass is 360 g/mol. The first-order valence-electron chi connectivity index (χ1n) is 8.06. The summed E-state index contributed by atoms with van der Waals surface area (Å²) in [6.45, 7) is 4.55. The summed E-state index contributed by atoms with van der Waals surface area (Å²) >= 11 is 0. The molecule has 0 atom stereocenters. The normalized spacial score (nSPS) is 12.1. The van der Waals surface area contributed by atoms with Crippen molar-refractivity contribution in [2.45, 2.75) is 31.1 Å². The molecule has 0 aliphatic heterocycles. The highest BCUT2D eigenvalue weighted by atomic mass is 32.2. The van der Waals surface area contributed by atoms with Gasteiger partial charge in [0.2, 0.25) is 10.0 Å². The van der Waals surface area contributed by atoms with Gasteiger partial charge in [0.1, 0.15) is 0 Å². The van der Waals surface area contributed by atoms with Gasteiger partial charge >= 0.3 is 5.76 Å². The van der Waals surface area contributed by atoms with Crippen LogP contribution in [0.15, 0.2) is 56.6 Å². The number of oxazole rings is 1. The Morgan fingerprint density at radius 1 is 1.12 bits per heavy atom. The summed E-state index contributed by atoms with van der Waals surface area (Å²) < 4.78 is 32.2. The molecule has 0 bridgehead atoms. The maximum absolute atomic E-state index is 12.4. The van der Waals surface area contributed by atoms with Crippen molar-refractivity contribution in [3.8, 4) is 0 Å². The van der Waals surface area contributed by atoms with Gasteiger partial charge in [-0.15, -0.1) is 0 Å². The summed E-state index contributed by atoms with van der Waals surface area (Å²) in [5.74, 6) is -0.140. The summed E-state index contributed by atoms with van der Waals surface area (Å²) in [7, 11) is -3.66. The highest BCUT2D eigenvalue weighted by molar-refractivity contribution is 7.89. The molecule has 2 N–H and O–H groups in total. The molecule has 1 aromatic heterocycles. The fourth-order valence-electron chi connectivity index (χ4n) is 2.58. The summed E-state index contributed by atoms with van der Waals surface area (Å²) in [5.41, 5.74) is 3.01. The van der Waals surface area contributed by atoms with Gasteiger partial charge in [-0.3, -0.25) is 4.98 Å². The first kappa shape index (κ1) is 17.4. The van der Waals surface area contributed by atoms with E-state index in [1.54, 1.807) is 0 Å². The Balaban J connectivity index is 1.67. The molecule has 0 aliphatic carbocycles. The number of sulfonamides is 1. The van der Waals surface area contributed by atoms with Gasteiger partial charge in [-0.25, -0.2) is 17.9 Å². The van der Waals surface area contributed by atoms with Crippen LogP contribution in [0.25, 0.3) is 11.1 Å². The van der Waals surface area contributed by atoms with E-state index in [0.29, 0.717) is 24.4 Å². The number of benzene rings is 2. The van der Waals surface area contributed by atoms with Crippen molar-refractivity contribution < 1.29 is 12.8 Å². The Kier molecular flexibility index (Phi) is 4.78. The highest BCUT2D eigenvalue weighted by Gasteiger charge is 2.15. The first-order chi connectivity index (χ1) is 11.8. The molecule has 0 radical (unpaired) electrons. The quantitative estimate of drug-likeness (QED) is 0.707. The lowest BCUT2D eigenvalue weighted by atomic mass is 10.0. The van der Waals surface area contributed by atoms with Crippen molar-refractivity contribution >= 4 is 21.1 Å². The molecule has 0 amide bonds. The number of rotatable bonds is 6. The zero-order valence-corrected chi connectivity index (χ0v) is 14.9. The van der Waals surface area contributed by atoms with Crippen LogP contribution in [-0.2, 0) is 16.4 Å². The fraction of sp³-hybridized carbons (Fsp3) is 0.278. The molecule has 0 spiro atoms. The van der Waals surface area contributed by atoms with Gasteiger partial charge in [0.25, 0.3) is 0 Å². The van der Waals surface area contributed by atoms with Crippen LogP contribution in [-0.4, -0.2) is 19.9 Å². The third-order valence-electron chi connectivity index (χ3n) is 4.05. The Hall–Kier alpha value is -2.38. The molecule has 1 heterocycles. The summed E-state index contributed by atoms with van der Waals surface area (Å²) in [5, 5.41) is 0. The average Bonchev–Trinajstić information content (AvgIpc) is 2.94. The van der Waals surface area contributed by atoms with Gasteiger partial charge in [-0.1, -0.05) is 38.1 Å². The third kappa shape index (κ3) is 4.00. The van der Waals surface area contributed by atoms with Crippen molar-refractivity contribution in [3.63, 3.8) is 0 Å². The lowest BCUT2D eigenvalue weighted by molar-refractivity contribution is 0.553. The van der Waals surface area contributed by atoms with Gasteiger partial charge in [-0.2, -0.15) is 0 Å². The van der Waals surface area contributed by atoms with Crippen molar-refractivity contribution in [2.24, 2.45) is 0 Å². The van der Waals surface area contributed by atoms with Crippen LogP contribution >= 0.6 is 0 Å². The average molecular weight is 360 g/mol. The van der Waals surface area contributed by atoms with Crippen LogP contribution in [0.3, 0.4) is 0 Å². The lowest BCUT2D eigenvalue weighted by Gasteiger charge is -2.08. The number of fused-ring (bicyclic) bond motifs is 1. The molecule has 3 rings (SSSR count). The summed E-state index contributed by atoms with van der Waals surface area (Å²) in [6, 6.07) is 12.5. The van der Waals surface area contributed by atoms with Gasteiger partial charge < -0.3 is 4.42 Å². The van der Waals surface area contributed by atoms with Crippen LogP contribution in [0.1, 0.15) is 30.9 Å². The number of aromatic nitrogens is 1. The Morgan fingerprint density at radius 3 is 2.52 bits per heavy atom. The highest BCUT2D eigenvalue weighted by Crippen LogP contribution is 2.17. The second-order valence-electron chi connectivity index (χ2n) is 6.22. The molecule has 2 aromatic carbocycles. The predicted octanol–water partition coefficient (Wildman–Crippen LogP) is 2.77. The molecule has 132 valence electrons. The fourth-order valence-corrected chi connectivity index (χ4v) is 3.62. The Labute approximate surface area is 145 Å². The van der Waals surface area contributed by atoms with E-state index in [-0.39, 0.29) is 10.5 Å². The SMILES string of the molecule is CC(C)c1ccc(CCNS(=O)(=O)c2ccc3[nH]c(=O)oc3c2)cc1. The van der Waals surface area contributed by atoms with E-state index in [1.807, 2.05) is 12.1 Å². The molecular weight excluding hydrogens is 340 g/mol. The van der Waals surface area contributed by atoms with E-state index >= 15 is 0 Å². The number of H-pyrrole nitrogens is 1. The van der Waals surface area contributed by atoms with Crippen molar-refractivity contribution in [1.29, 1.82) is 0 Å². The van der Waals surface area contributed by atoms with E-state index in [4.69, 9.17) is 4.42 Å². The van der Waals surface area contributed by atoms with Crippen molar-refractivity contribution in [1.82, 2.24) is 9.71 Å². The number of hydrogen-bond donors (Lipinski definition) is 2. The second kappa shape index (κ2) is 6.85. The van der Waals surface area contributed by atoms with Gasteiger partial charge in [0.15, 0.2) is 5.58 Å². The topological polar surface area (TPSA) is 92.2 Å². The number of nitrogens with one attached hydrogen (secondary N) is 2. The molecule has 3 aromatic rings. The Bertz CT molecular complexity index is 1030.